The minimum Gasteiger partial charge on any atom is -0.355 e. The molecule has 170 valence electrons. The molecule has 5 rings (SSSR count). The van der Waals surface area contributed by atoms with Crippen LogP contribution in [0.15, 0.2) is 91.0 Å². The number of anilines is 2. The Morgan fingerprint density at radius 1 is 0.676 bits per heavy atom. The lowest BCUT2D eigenvalue weighted by molar-refractivity contribution is 0.111. The molecular weight excluding hydrogens is 488 g/mol. The number of hydrogen-bond donors (Lipinski definition) is 0. The molecule has 0 unspecified atom stereocenters. The highest BCUT2D eigenvalue weighted by Crippen LogP contribution is 2.49. The minimum atomic E-state index is 0. The molecule has 0 aliphatic carbocycles. The molecule has 0 spiro atoms. The number of nitrogens with zero attached hydrogens (tertiary/aromatic N) is 2. The largest absolute Gasteiger partial charge is 0.355 e. The van der Waals surface area contributed by atoms with Gasteiger partial charge in [-0.05, 0) is 16.7 Å². The standard InChI is InChI=1S/C29H24N2O2.BrH/c1-30-20-31(17-21-5-3-2-4-6-21)29-27(25-13-9-23(19-33)10-14-25)16-15-26(28(29)30)24-11-7-22(18-32)8-12-24;/h2-16,18-19H,17,20H2,1H3;1H. The maximum Gasteiger partial charge on any atom is 0.150 e. The Kier molecular flexibility index (Phi) is 6.94. The van der Waals surface area contributed by atoms with Crippen molar-refractivity contribution in [1.82, 2.24) is 0 Å². The summed E-state index contributed by atoms with van der Waals surface area (Å²) in [4.78, 5) is 27.0. The van der Waals surface area contributed by atoms with E-state index in [0.29, 0.717) is 11.1 Å². The molecule has 0 bridgehead atoms. The van der Waals surface area contributed by atoms with E-state index in [9.17, 15) is 9.59 Å². The lowest BCUT2D eigenvalue weighted by Gasteiger charge is -2.22. The number of fused-ring (bicyclic) bond motifs is 1. The third kappa shape index (κ3) is 4.39. The molecule has 0 aromatic heterocycles. The van der Waals surface area contributed by atoms with Crippen LogP contribution < -0.4 is 9.80 Å². The van der Waals surface area contributed by atoms with Crippen LogP contribution in [0.25, 0.3) is 22.3 Å². The fourth-order valence-corrected chi connectivity index (χ4v) is 4.56. The van der Waals surface area contributed by atoms with Crippen molar-refractivity contribution >= 4 is 40.9 Å². The first kappa shape index (κ1) is 23.5. The van der Waals surface area contributed by atoms with Crippen LogP contribution in [0.1, 0.15) is 26.3 Å². The molecule has 0 atom stereocenters. The van der Waals surface area contributed by atoms with Gasteiger partial charge < -0.3 is 9.80 Å². The van der Waals surface area contributed by atoms with Crippen LogP contribution in [-0.2, 0) is 6.54 Å². The summed E-state index contributed by atoms with van der Waals surface area (Å²) in [6, 6.07) is 30.3. The molecule has 0 amide bonds. The summed E-state index contributed by atoms with van der Waals surface area (Å²) in [6.07, 6.45) is 1.74. The van der Waals surface area contributed by atoms with E-state index in [-0.39, 0.29) is 17.0 Å². The number of rotatable bonds is 6. The molecule has 0 N–H and O–H groups in total. The second-order valence-corrected chi connectivity index (χ2v) is 8.36. The van der Waals surface area contributed by atoms with Gasteiger partial charge in [-0.3, -0.25) is 9.59 Å². The van der Waals surface area contributed by atoms with Crippen LogP contribution in [0, 0.1) is 0 Å². The number of aldehydes is 2. The van der Waals surface area contributed by atoms with Crippen LogP contribution >= 0.6 is 17.0 Å². The van der Waals surface area contributed by atoms with E-state index in [1.807, 2.05) is 54.6 Å². The van der Waals surface area contributed by atoms with Crippen LogP contribution in [0.4, 0.5) is 11.4 Å². The first-order valence-electron chi connectivity index (χ1n) is 11.0. The van der Waals surface area contributed by atoms with Gasteiger partial charge in [0.1, 0.15) is 12.6 Å². The second-order valence-electron chi connectivity index (χ2n) is 8.36. The van der Waals surface area contributed by atoms with Crippen LogP contribution in [0.3, 0.4) is 0 Å². The van der Waals surface area contributed by atoms with Crippen molar-refractivity contribution < 1.29 is 9.59 Å². The van der Waals surface area contributed by atoms with Gasteiger partial charge in [0.05, 0.1) is 18.0 Å². The van der Waals surface area contributed by atoms with Crippen molar-refractivity contribution in [2.75, 3.05) is 23.5 Å². The lowest BCUT2D eigenvalue weighted by atomic mass is 9.94. The van der Waals surface area contributed by atoms with Crippen molar-refractivity contribution in [1.29, 1.82) is 0 Å². The number of carbonyl (C=O) groups excluding carboxylic acids is 2. The van der Waals surface area contributed by atoms with E-state index < -0.39 is 0 Å². The number of halogens is 1. The number of carbonyl (C=O) groups is 2. The quantitative estimate of drug-likeness (QED) is 0.271. The Morgan fingerprint density at radius 2 is 1.18 bits per heavy atom. The number of hydrogen-bond acceptors (Lipinski definition) is 4. The predicted octanol–water partition coefficient (Wildman–Crippen LogP) is 6.64. The maximum atomic E-state index is 11.2. The van der Waals surface area contributed by atoms with Crippen molar-refractivity contribution in [2.24, 2.45) is 0 Å². The van der Waals surface area contributed by atoms with Gasteiger partial charge in [0, 0.05) is 35.8 Å². The van der Waals surface area contributed by atoms with Crippen molar-refractivity contribution in [3.05, 3.63) is 108 Å². The average Bonchev–Trinajstić information content (AvgIpc) is 3.20. The molecule has 34 heavy (non-hydrogen) atoms. The summed E-state index contributed by atoms with van der Waals surface area (Å²) in [6.45, 7) is 1.57. The first-order valence-corrected chi connectivity index (χ1v) is 11.0. The molecule has 0 radical (unpaired) electrons. The molecule has 5 heteroatoms. The Hall–Kier alpha value is -3.70. The third-order valence-electron chi connectivity index (χ3n) is 6.16. The SMILES string of the molecule is Br.CN1CN(Cc2ccccc2)c2c(-c3ccc(C=O)cc3)ccc(-c3ccc(C=O)cc3)c21. The molecule has 4 nitrogen and oxygen atoms in total. The highest BCUT2D eigenvalue weighted by molar-refractivity contribution is 8.93. The minimum absolute atomic E-state index is 0. The Bertz CT molecular complexity index is 1300. The number of benzene rings is 4. The maximum absolute atomic E-state index is 11.2. The summed E-state index contributed by atoms with van der Waals surface area (Å²) < 4.78 is 0. The van der Waals surface area contributed by atoms with Gasteiger partial charge >= 0.3 is 0 Å². The van der Waals surface area contributed by atoms with Crippen LogP contribution in [0.5, 0.6) is 0 Å². The fourth-order valence-electron chi connectivity index (χ4n) is 4.56. The van der Waals surface area contributed by atoms with Crippen molar-refractivity contribution in [2.45, 2.75) is 6.54 Å². The van der Waals surface area contributed by atoms with Crippen molar-refractivity contribution in [3.8, 4) is 22.3 Å². The molecular formula is C29H25BrN2O2. The average molecular weight is 513 g/mol. The van der Waals surface area contributed by atoms with Gasteiger partial charge in [-0.25, -0.2) is 0 Å². The molecule has 1 heterocycles. The molecule has 0 saturated carbocycles. The lowest BCUT2D eigenvalue weighted by Crippen LogP contribution is -2.27. The van der Waals surface area contributed by atoms with E-state index in [0.717, 1.165) is 48.0 Å². The van der Waals surface area contributed by atoms with Gasteiger partial charge in [-0.15, -0.1) is 17.0 Å². The van der Waals surface area contributed by atoms with Gasteiger partial charge in [-0.1, -0.05) is 91.0 Å². The molecule has 0 saturated heterocycles. The van der Waals surface area contributed by atoms with E-state index in [1.54, 1.807) is 0 Å². The highest BCUT2D eigenvalue weighted by atomic mass is 79.9. The summed E-state index contributed by atoms with van der Waals surface area (Å²) in [5, 5.41) is 0. The third-order valence-corrected chi connectivity index (χ3v) is 6.16. The van der Waals surface area contributed by atoms with E-state index >= 15 is 0 Å². The smallest absolute Gasteiger partial charge is 0.150 e. The second kappa shape index (κ2) is 10.1. The van der Waals surface area contributed by atoms with E-state index in [4.69, 9.17) is 0 Å². The van der Waals surface area contributed by atoms with Crippen LogP contribution in [-0.4, -0.2) is 26.3 Å². The van der Waals surface area contributed by atoms with E-state index in [1.165, 1.54) is 16.9 Å². The predicted molar refractivity (Wildman–Crippen MR) is 144 cm³/mol. The van der Waals surface area contributed by atoms with Crippen molar-refractivity contribution in [3.63, 3.8) is 0 Å². The van der Waals surface area contributed by atoms with Gasteiger partial charge in [0.25, 0.3) is 0 Å². The molecule has 1 aliphatic heterocycles. The first-order chi connectivity index (χ1) is 16.2. The highest BCUT2D eigenvalue weighted by Gasteiger charge is 2.30. The molecule has 4 aromatic carbocycles. The zero-order valence-electron chi connectivity index (χ0n) is 18.8. The zero-order valence-corrected chi connectivity index (χ0v) is 20.6. The molecule has 1 aliphatic rings. The summed E-state index contributed by atoms with van der Waals surface area (Å²) in [5.74, 6) is 0. The Balaban J connectivity index is 0.00000274. The monoisotopic (exact) mass is 512 g/mol. The molecule has 4 aromatic rings. The topological polar surface area (TPSA) is 40.6 Å². The van der Waals surface area contributed by atoms with E-state index in [2.05, 4.69) is 53.2 Å². The fraction of sp³-hybridized carbons (Fsp3) is 0.103. The summed E-state index contributed by atoms with van der Waals surface area (Å²) in [7, 11) is 2.12. The van der Waals surface area contributed by atoms with Crippen LogP contribution in [0.2, 0.25) is 0 Å². The van der Waals surface area contributed by atoms with Gasteiger partial charge in [0.2, 0.25) is 0 Å². The molecule has 0 fully saturated rings. The zero-order chi connectivity index (χ0) is 22.8. The summed E-state index contributed by atoms with van der Waals surface area (Å²) in [5.41, 5.74) is 9.36. The van der Waals surface area contributed by atoms with Gasteiger partial charge in [-0.2, -0.15) is 0 Å². The Morgan fingerprint density at radius 3 is 1.68 bits per heavy atom. The Labute approximate surface area is 210 Å². The summed E-state index contributed by atoms with van der Waals surface area (Å²) >= 11 is 0. The normalized spacial score (nSPS) is 12.1. The van der Waals surface area contributed by atoms with Gasteiger partial charge in [0.15, 0.2) is 0 Å².